The largest absolute Gasteiger partial charge is 0.491 e. The Balaban J connectivity index is 0.00000420. The first kappa shape index (κ1) is 25.2. The molecule has 0 radical (unpaired) electrons. The number of nitrogens with zero attached hydrogens (tertiary/aromatic N) is 1. The highest BCUT2D eigenvalue weighted by Crippen LogP contribution is 2.20. The molecule has 0 atom stereocenters. The number of hydrogen-bond acceptors (Lipinski definition) is 3. The van der Waals surface area contributed by atoms with Crippen LogP contribution in [0.4, 0.5) is 4.39 Å². The number of benzene rings is 2. The van der Waals surface area contributed by atoms with E-state index >= 15 is 0 Å². The van der Waals surface area contributed by atoms with Crippen molar-refractivity contribution in [3.8, 4) is 5.75 Å². The van der Waals surface area contributed by atoms with Crippen molar-refractivity contribution in [1.82, 2.24) is 10.6 Å². The van der Waals surface area contributed by atoms with Gasteiger partial charge in [0.05, 0.1) is 6.61 Å². The van der Waals surface area contributed by atoms with Crippen molar-refractivity contribution in [2.45, 2.75) is 26.8 Å². The molecule has 29 heavy (non-hydrogen) atoms. The molecule has 0 bridgehead atoms. The van der Waals surface area contributed by atoms with Gasteiger partial charge < -0.3 is 20.1 Å². The van der Waals surface area contributed by atoms with Gasteiger partial charge in [-0.3, -0.25) is 4.99 Å². The van der Waals surface area contributed by atoms with Gasteiger partial charge in [0.1, 0.15) is 18.2 Å². The molecule has 2 rings (SSSR count). The van der Waals surface area contributed by atoms with E-state index in [1.807, 2.05) is 32.0 Å². The van der Waals surface area contributed by atoms with Gasteiger partial charge in [-0.1, -0.05) is 30.3 Å². The van der Waals surface area contributed by atoms with Crippen LogP contribution in [0.3, 0.4) is 0 Å². The second-order valence-corrected chi connectivity index (χ2v) is 6.35. The Morgan fingerprint density at radius 2 is 1.86 bits per heavy atom. The SMILES string of the molecule is CCOCCOc1cc(C)ccc1CNC(=NC)NCCc1ccccc1F.I. The third kappa shape index (κ3) is 8.99. The Bertz CT molecular complexity index is 771. The molecule has 160 valence electrons. The van der Waals surface area contributed by atoms with E-state index in [0.29, 0.717) is 50.9 Å². The molecule has 0 aromatic heterocycles. The van der Waals surface area contributed by atoms with E-state index in [1.54, 1.807) is 19.2 Å². The lowest BCUT2D eigenvalue weighted by Crippen LogP contribution is -2.38. The fraction of sp³-hybridized carbons (Fsp3) is 0.409. The number of rotatable bonds is 10. The Labute approximate surface area is 190 Å². The number of aliphatic imine (C=N–C) groups is 1. The lowest BCUT2D eigenvalue weighted by atomic mass is 10.1. The third-order valence-electron chi connectivity index (χ3n) is 4.23. The molecule has 0 unspecified atom stereocenters. The molecule has 2 N–H and O–H groups in total. The van der Waals surface area contributed by atoms with E-state index in [2.05, 4.69) is 21.7 Å². The molecule has 0 spiro atoms. The summed E-state index contributed by atoms with van der Waals surface area (Å²) in [6, 6.07) is 12.9. The van der Waals surface area contributed by atoms with E-state index in [1.165, 1.54) is 6.07 Å². The topological polar surface area (TPSA) is 54.9 Å². The summed E-state index contributed by atoms with van der Waals surface area (Å²) >= 11 is 0. The molecule has 7 heteroatoms. The zero-order valence-corrected chi connectivity index (χ0v) is 19.7. The van der Waals surface area contributed by atoms with Crippen LogP contribution < -0.4 is 15.4 Å². The van der Waals surface area contributed by atoms with Crippen molar-refractivity contribution in [2.75, 3.05) is 33.4 Å². The van der Waals surface area contributed by atoms with Crippen LogP contribution in [-0.2, 0) is 17.7 Å². The van der Waals surface area contributed by atoms with Crippen LogP contribution in [0.25, 0.3) is 0 Å². The van der Waals surface area contributed by atoms with Crippen molar-refractivity contribution >= 4 is 29.9 Å². The lowest BCUT2D eigenvalue weighted by molar-refractivity contribution is 0.110. The predicted molar refractivity (Wildman–Crippen MR) is 127 cm³/mol. The van der Waals surface area contributed by atoms with Crippen molar-refractivity contribution in [3.63, 3.8) is 0 Å². The zero-order chi connectivity index (χ0) is 20.2. The molecular weight excluding hydrogens is 484 g/mol. The molecule has 2 aromatic rings. The van der Waals surface area contributed by atoms with Crippen molar-refractivity contribution in [1.29, 1.82) is 0 Å². The summed E-state index contributed by atoms with van der Waals surface area (Å²) in [4.78, 5) is 4.23. The first-order valence-electron chi connectivity index (χ1n) is 9.62. The number of nitrogens with one attached hydrogen (secondary N) is 2. The molecule has 0 aliphatic rings. The minimum Gasteiger partial charge on any atom is -0.491 e. The molecule has 2 aromatic carbocycles. The number of hydrogen-bond donors (Lipinski definition) is 2. The summed E-state index contributed by atoms with van der Waals surface area (Å²) in [5.41, 5.74) is 2.87. The van der Waals surface area contributed by atoms with E-state index < -0.39 is 0 Å². The van der Waals surface area contributed by atoms with E-state index in [0.717, 1.165) is 16.9 Å². The molecule has 0 amide bonds. The van der Waals surface area contributed by atoms with Crippen molar-refractivity contribution in [3.05, 3.63) is 65.0 Å². The summed E-state index contributed by atoms with van der Waals surface area (Å²) < 4.78 is 24.9. The monoisotopic (exact) mass is 515 g/mol. The quantitative estimate of drug-likeness (QED) is 0.217. The molecule has 0 aliphatic carbocycles. The Kier molecular flexibility index (Phi) is 12.3. The first-order chi connectivity index (χ1) is 13.6. The Morgan fingerprint density at radius 3 is 2.59 bits per heavy atom. The maximum absolute atomic E-state index is 13.7. The van der Waals surface area contributed by atoms with Crippen LogP contribution in [-0.4, -0.2) is 39.4 Å². The fourth-order valence-corrected chi connectivity index (χ4v) is 2.71. The number of guanidine groups is 1. The average Bonchev–Trinajstić information content (AvgIpc) is 2.70. The van der Waals surface area contributed by atoms with Crippen LogP contribution in [0, 0.1) is 12.7 Å². The number of aryl methyl sites for hydroxylation is 1. The molecular formula is C22H31FIN3O2. The molecule has 5 nitrogen and oxygen atoms in total. The molecule has 0 aliphatic heterocycles. The van der Waals surface area contributed by atoms with Gasteiger partial charge >= 0.3 is 0 Å². The number of ether oxygens (including phenoxy) is 2. The van der Waals surface area contributed by atoms with Crippen LogP contribution in [0.2, 0.25) is 0 Å². The Hall–Kier alpha value is -1.87. The van der Waals surface area contributed by atoms with Crippen molar-refractivity contribution < 1.29 is 13.9 Å². The smallest absolute Gasteiger partial charge is 0.191 e. The predicted octanol–water partition coefficient (Wildman–Crippen LogP) is 4.08. The molecule has 0 saturated heterocycles. The maximum atomic E-state index is 13.7. The van der Waals surface area contributed by atoms with Crippen molar-refractivity contribution in [2.24, 2.45) is 4.99 Å². The van der Waals surface area contributed by atoms with Gasteiger partial charge in [0, 0.05) is 32.3 Å². The summed E-state index contributed by atoms with van der Waals surface area (Å²) in [5, 5.41) is 6.50. The second kappa shape index (κ2) is 14.2. The van der Waals surface area contributed by atoms with Crippen LogP contribution in [0.5, 0.6) is 5.75 Å². The lowest BCUT2D eigenvalue weighted by Gasteiger charge is -2.15. The van der Waals surface area contributed by atoms with Gasteiger partial charge in [-0.05, 0) is 43.5 Å². The van der Waals surface area contributed by atoms with Gasteiger partial charge in [-0.25, -0.2) is 4.39 Å². The van der Waals surface area contributed by atoms with Gasteiger partial charge in [0.25, 0.3) is 0 Å². The minimum absolute atomic E-state index is 0. The van der Waals surface area contributed by atoms with Gasteiger partial charge in [0.2, 0.25) is 0 Å². The van der Waals surface area contributed by atoms with Gasteiger partial charge in [-0.15, -0.1) is 24.0 Å². The first-order valence-corrected chi connectivity index (χ1v) is 9.62. The minimum atomic E-state index is -0.180. The third-order valence-corrected chi connectivity index (χ3v) is 4.23. The summed E-state index contributed by atoms with van der Waals surface area (Å²) in [6.45, 7) is 6.93. The highest BCUT2D eigenvalue weighted by molar-refractivity contribution is 14.0. The van der Waals surface area contributed by atoms with Crippen LogP contribution in [0.15, 0.2) is 47.5 Å². The number of halogens is 2. The van der Waals surface area contributed by atoms with Crippen LogP contribution in [0.1, 0.15) is 23.6 Å². The maximum Gasteiger partial charge on any atom is 0.191 e. The second-order valence-electron chi connectivity index (χ2n) is 6.35. The molecule has 0 heterocycles. The van der Waals surface area contributed by atoms with E-state index in [-0.39, 0.29) is 29.8 Å². The zero-order valence-electron chi connectivity index (χ0n) is 17.3. The van der Waals surface area contributed by atoms with E-state index in [4.69, 9.17) is 9.47 Å². The summed E-state index contributed by atoms with van der Waals surface area (Å²) in [7, 11) is 1.72. The standard InChI is InChI=1S/C22H30FN3O2.HI/c1-4-27-13-14-28-21-15-17(2)9-10-19(21)16-26-22(24-3)25-12-11-18-7-5-6-8-20(18)23;/h5-10,15H,4,11-14,16H2,1-3H3,(H2,24,25,26);1H. The highest BCUT2D eigenvalue weighted by Gasteiger charge is 2.07. The molecule has 0 saturated carbocycles. The summed E-state index contributed by atoms with van der Waals surface area (Å²) in [5.74, 6) is 1.33. The Morgan fingerprint density at radius 1 is 1.07 bits per heavy atom. The average molecular weight is 515 g/mol. The van der Waals surface area contributed by atoms with Crippen LogP contribution >= 0.6 is 24.0 Å². The summed E-state index contributed by atoms with van der Waals surface area (Å²) in [6.07, 6.45) is 0.587. The van der Waals surface area contributed by atoms with Gasteiger partial charge in [-0.2, -0.15) is 0 Å². The van der Waals surface area contributed by atoms with E-state index in [9.17, 15) is 4.39 Å². The highest BCUT2D eigenvalue weighted by atomic mass is 127. The normalized spacial score (nSPS) is 11.0. The van der Waals surface area contributed by atoms with Gasteiger partial charge in [0.15, 0.2) is 5.96 Å². The fourth-order valence-electron chi connectivity index (χ4n) is 2.71. The molecule has 0 fully saturated rings.